The molecule has 0 bridgehead atoms. The van der Waals surface area contributed by atoms with E-state index in [1.165, 1.54) is 17.4 Å². The number of benzene rings is 1. The van der Waals surface area contributed by atoms with Crippen molar-refractivity contribution in [3.63, 3.8) is 0 Å². The third-order valence-electron chi connectivity index (χ3n) is 5.43. The number of nitrogens with one attached hydrogen (secondary N) is 1. The number of hydrogen-bond acceptors (Lipinski definition) is 5. The summed E-state index contributed by atoms with van der Waals surface area (Å²) in [5.41, 5.74) is 3.17. The van der Waals surface area contributed by atoms with Gasteiger partial charge in [0.15, 0.2) is 0 Å². The number of pyridine rings is 1. The molecule has 1 aliphatic heterocycles. The van der Waals surface area contributed by atoms with Crippen molar-refractivity contribution in [2.45, 2.75) is 25.8 Å². The van der Waals surface area contributed by atoms with E-state index in [9.17, 15) is 14.9 Å². The maximum atomic E-state index is 12.7. The van der Waals surface area contributed by atoms with Crippen molar-refractivity contribution in [2.75, 3.05) is 11.9 Å². The number of aryl methyl sites for hydroxylation is 1. The van der Waals surface area contributed by atoms with E-state index in [0.29, 0.717) is 47.9 Å². The Kier molecular flexibility index (Phi) is 7.18. The first-order chi connectivity index (χ1) is 16.0. The molecule has 1 N–H and O–H groups in total. The lowest BCUT2D eigenvalue weighted by Gasteiger charge is -2.27. The molecule has 2 aromatic heterocycles. The molecule has 6 nitrogen and oxygen atoms in total. The van der Waals surface area contributed by atoms with E-state index >= 15 is 0 Å². The Hall–Kier alpha value is -3.47. The van der Waals surface area contributed by atoms with Crippen molar-refractivity contribution in [1.82, 2.24) is 9.88 Å². The van der Waals surface area contributed by atoms with Gasteiger partial charge in [-0.15, -0.1) is 11.3 Å². The van der Waals surface area contributed by atoms with Crippen LogP contribution in [0.1, 0.15) is 33.6 Å². The minimum absolute atomic E-state index is 0.0738. The molecule has 2 amide bonds. The summed E-state index contributed by atoms with van der Waals surface area (Å²) in [5.74, 6) is -0.265. The molecular formula is C25H21ClN4O2S. The Morgan fingerprint density at radius 1 is 1.27 bits per heavy atom. The van der Waals surface area contributed by atoms with Gasteiger partial charge in [-0.25, -0.2) is 0 Å². The Labute approximate surface area is 201 Å². The summed E-state index contributed by atoms with van der Waals surface area (Å²) >= 11 is 7.48. The van der Waals surface area contributed by atoms with Gasteiger partial charge in [0, 0.05) is 41.3 Å². The SMILES string of the molecule is N#Cc1c(NC(=O)C=Cc2ccccc2Cl)sc2c1CCN(C(=O)CCc1cccnc1)C2. The molecule has 3 heterocycles. The molecule has 0 atom stereocenters. The molecule has 33 heavy (non-hydrogen) atoms. The lowest BCUT2D eigenvalue weighted by Crippen LogP contribution is -2.35. The fraction of sp³-hybridized carbons (Fsp3) is 0.200. The predicted molar refractivity (Wildman–Crippen MR) is 130 cm³/mol. The van der Waals surface area contributed by atoms with Gasteiger partial charge in [-0.05, 0) is 47.7 Å². The number of nitrogens with zero attached hydrogens (tertiary/aromatic N) is 3. The van der Waals surface area contributed by atoms with Crippen LogP contribution in [0.2, 0.25) is 5.02 Å². The maximum Gasteiger partial charge on any atom is 0.249 e. The third kappa shape index (κ3) is 5.48. The van der Waals surface area contributed by atoms with Crippen molar-refractivity contribution < 1.29 is 9.59 Å². The van der Waals surface area contributed by atoms with Crippen LogP contribution in [-0.4, -0.2) is 28.2 Å². The van der Waals surface area contributed by atoms with Gasteiger partial charge in [0.05, 0.1) is 12.1 Å². The zero-order valence-corrected chi connectivity index (χ0v) is 19.3. The minimum Gasteiger partial charge on any atom is -0.337 e. The summed E-state index contributed by atoms with van der Waals surface area (Å²) in [5, 5.41) is 13.6. The zero-order chi connectivity index (χ0) is 23.2. The second-order valence-corrected chi connectivity index (χ2v) is 9.10. The number of amides is 2. The molecule has 1 aliphatic rings. The van der Waals surface area contributed by atoms with E-state index < -0.39 is 0 Å². The largest absolute Gasteiger partial charge is 0.337 e. The molecule has 0 saturated heterocycles. The molecule has 0 unspecified atom stereocenters. The Bertz CT molecular complexity index is 1250. The number of nitriles is 1. The van der Waals surface area contributed by atoms with Crippen LogP contribution in [0.4, 0.5) is 5.00 Å². The molecule has 1 aromatic carbocycles. The van der Waals surface area contributed by atoms with Crippen molar-refractivity contribution in [3.8, 4) is 6.07 Å². The molecule has 4 rings (SSSR count). The summed E-state index contributed by atoms with van der Waals surface area (Å²) < 4.78 is 0. The Morgan fingerprint density at radius 3 is 2.88 bits per heavy atom. The minimum atomic E-state index is -0.339. The van der Waals surface area contributed by atoms with Gasteiger partial charge in [0.1, 0.15) is 11.1 Å². The number of aromatic nitrogens is 1. The number of hydrogen-bond donors (Lipinski definition) is 1. The fourth-order valence-electron chi connectivity index (χ4n) is 3.71. The molecular weight excluding hydrogens is 456 g/mol. The summed E-state index contributed by atoms with van der Waals surface area (Å²) in [6, 6.07) is 13.3. The highest BCUT2D eigenvalue weighted by Crippen LogP contribution is 2.37. The lowest BCUT2D eigenvalue weighted by atomic mass is 10.0. The smallest absolute Gasteiger partial charge is 0.249 e. The molecule has 0 aliphatic carbocycles. The monoisotopic (exact) mass is 476 g/mol. The van der Waals surface area contributed by atoms with E-state index in [4.69, 9.17) is 11.6 Å². The Balaban J connectivity index is 1.42. The topological polar surface area (TPSA) is 86.1 Å². The van der Waals surface area contributed by atoms with Crippen LogP contribution in [0, 0.1) is 11.3 Å². The summed E-state index contributed by atoms with van der Waals surface area (Å²) in [6.45, 7) is 1.01. The number of thiophene rings is 1. The zero-order valence-electron chi connectivity index (χ0n) is 17.8. The highest BCUT2D eigenvalue weighted by Gasteiger charge is 2.27. The van der Waals surface area contributed by atoms with Crippen LogP contribution in [0.15, 0.2) is 54.9 Å². The molecule has 166 valence electrons. The molecule has 0 fully saturated rings. The second kappa shape index (κ2) is 10.4. The second-order valence-electron chi connectivity index (χ2n) is 7.59. The highest BCUT2D eigenvalue weighted by atomic mass is 35.5. The predicted octanol–water partition coefficient (Wildman–Crippen LogP) is 4.84. The number of carbonyl (C=O) groups is 2. The fourth-order valence-corrected chi connectivity index (χ4v) is 5.12. The van der Waals surface area contributed by atoms with E-state index in [0.717, 1.165) is 21.6 Å². The van der Waals surface area contributed by atoms with Gasteiger partial charge in [0.2, 0.25) is 11.8 Å². The standard InChI is InChI=1S/C25H21ClN4O2S/c26-21-6-2-1-5-18(21)8-9-23(31)29-25-20(14-27)19-11-13-30(16-22(19)33-25)24(32)10-7-17-4-3-12-28-15-17/h1-6,8-9,12,15H,7,10-11,13,16H2,(H,29,31). The average Bonchev–Trinajstić information content (AvgIpc) is 3.18. The number of anilines is 1. The molecule has 0 saturated carbocycles. The highest BCUT2D eigenvalue weighted by molar-refractivity contribution is 7.16. The first-order valence-electron chi connectivity index (χ1n) is 10.5. The first kappa shape index (κ1) is 22.7. The lowest BCUT2D eigenvalue weighted by molar-refractivity contribution is -0.132. The van der Waals surface area contributed by atoms with Crippen LogP contribution < -0.4 is 5.32 Å². The number of halogens is 1. The van der Waals surface area contributed by atoms with Gasteiger partial charge < -0.3 is 10.2 Å². The number of rotatable bonds is 6. The molecule has 0 radical (unpaired) electrons. The van der Waals surface area contributed by atoms with Crippen LogP contribution in [-0.2, 0) is 29.0 Å². The van der Waals surface area contributed by atoms with E-state index in [1.54, 1.807) is 24.5 Å². The normalized spacial score (nSPS) is 12.9. The third-order valence-corrected chi connectivity index (χ3v) is 6.90. The van der Waals surface area contributed by atoms with E-state index in [2.05, 4.69) is 16.4 Å². The molecule has 8 heteroatoms. The quantitative estimate of drug-likeness (QED) is 0.516. The van der Waals surface area contributed by atoms with E-state index in [-0.39, 0.29) is 11.8 Å². The van der Waals surface area contributed by atoms with Gasteiger partial charge in [-0.1, -0.05) is 35.9 Å². The first-order valence-corrected chi connectivity index (χ1v) is 11.7. The number of fused-ring (bicyclic) bond motifs is 1. The van der Waals surface area contributed by atoms with Crippen molar-refractivity contribution >= 4 is 45.8 Å². The van der Waals surface area contributed by atoms with Gasteiger partial charge in [-0.3, -0.25) is 14.6 Å². The van der Waals surface area contributed by atoms with Crippen molar-refractivity contribution in [1.29, 1.82) is 5.26 Å². The van der Waals surface area contributed by atoms with Crippen LogP contribution in [0.5, 0.6) is 0 Å². The summed E-state index contributed by atoms with van der Waals surface area (Å²) in [4.78, 5) is 32.0. The maximum absolute atomic E-state index is 12.7. The summed E-state index contributed by atoms with van der Waals surface area (Å²) in [6.07, 6.45) is 8.17. The van der Waals surface area contributed by atoms with Crippen LogP contribution in [0.3, 0.4) is 0 Å². The average molecular weight is 477 g/mol. The van der Waals surface area contributed by atoms with Crippen LogP contribution in [0.25, 0.3) is 6.08 Å². The number of carbonyl (C=O) groups excluding carboxylic acids is 2. The van der Waals surface area contributed by atoms with Crippen molar-refractivity contribution in [2.24, 2.45) is 0 Å². The van der Waals surface area contributed by atoms with Crippen molar-refractivity contribution in [3.05, 3.63) is 87.0 Å². The van der Waals surface area contributed by atoms with Gasteiger partial charge >= 0.3 is 0 Å². The van der Waals surface area contributed by atoms with Crippen LogP contribution >= 0.6 is 22.9 Å². The van der Waals surface area contributed by atoms with E-state index in [1.807, 2.05) is 35.2 Å². The van der Waals surface area contributed by atoms with Gasteiger partial charge in [-0.2, -0.15) is 5.26 Å². The Morgan fingerprint density at radius 2 is 2.12 bits per heavy atom. The molecule has 0 spiro atoms. The van der Waals surface area contributed by atoms with Gasteiger partial charge in [0.25, 0.3) is 0 Å². The summed E-state index contributed by atoms with van der Waals surface area (Å²) in [7, 11) is 0. The molecule has 3 aromatic rings.